The summed E-state index contributed by atoms with van der Waals surface area (Å²) in [7, 11) is 1.58. The average Bonchev–Trinajstić information content (AvgIpc) is 3.95. The second-order valence-electron chi connectivity index (χ2n) is 17.2. The Morgan fingerprint density at radius 3 is 1.89 bits per heavy atom. The van der Waals surface area contributed by atoms with Crippen LogP contribution in [-0.2, 0) is 44.8 Å². The van der Waals surface area contributed by atoms with Crippen LogP contribution in [0, 0.1) is 23.7 Å². The van der Waals surface area contributed by atoms with E-state index in [1.807, 2.05) is 13.8 Å². The predicted molar refractivity (Wildman–Crippen MR) is 239 cm³/mol. The van der Waals surface area contributed by atoms with Crippen molar-refractivity contribution in [1.82, 2.24) is 52.1 Å². The Morgan fingerprint density at radius 2 is 1.36 bits per heavy atom. The maximum Gasteiger partial charge on any atom is 0.326 e. The number of nitrogens with two attached hydrogens (primary N) is 2. The number of aliphatic imine (C=N–C) groups is 1. The highest BCUT2D eigenvalue weighted by atomic mass is 16.4. The molecule has 0 unspecified atom stereocenters. The van der Waals surface area contributed by atoms with E-state index in [4.69, 9.17) is 11.5 Å². The second kappa shape index (κ2) is 26.7. The number of rotatable bonds is 27. The first-order valence-electron chi connectivity index (χ1n) is 22.2. The number of imidazole rings is 1. The standard InChI is InChI=1S/C42H73N13O9/c1-10-24(7)33(53-38(60)32(23(5)6)51-35(57)27(49-30(56)20-45-9)14-12-16-47-42(43)44)39(61)52-31(22(3)4)37(59)50-28(18-26-19-46-21-48-26)40(62)55-17-13-15-29(55)36(58)54-34(41(63)64)25(8)11-2/h19,21-25,27-29,31-34,45H,10-18,20H2,1-9H3,(H,46,48)(H,49,56)(H,50,59)(H,51,57)(H,52,61)(H,53,60)(H,54,58)(H,63,64)(H4,43,44,47)/t24-,25-,27-,28-,29-,31-,32-,33-,34-/m0/s1. The lowest BCUT2D eigenvalue weighted by atomic mass is 9.95. The van der Waals surface area contributed by atoms with Gasteiger partial charge in [0.05, 0.1) is 12.9 Å². The smallest absolute Gasteiger partial charge is 0.326 e. The third-order valence-electron chi connectivity index (χ3n) is 11.4. The first-order valence-corrected chi connectivity index (χ1v) is 22.2. The Hall–Kier alpha value is -5.80. The van der Waals surface area contributed by atoms with Crippen LogP contribution in [-0.4, -0.2) is 142 Å². The number of carbonyl (C=O) groups excluding carboxylic acids is 7. The maximum atomic E-state index is 14.3. The third-order valence-corrected chi connectivity index (χ3v) is 11.4. The van der Waals surface area contributed by atoms with Crippen molar-refractivity contribution < 1.29 is 43.5 Å². The van der Waals surface area contributed by atoms with E-state index in [2.05, 4.69) is 52.2 Å². The van der Waals surface area contributed by atoms with Crippen molar-refractivity contribution in [3.05, 3.63) is 18.2 Å². The number of aliphatic carboxylic acids is 1. The lowest BCUT2D eigenvalue weighted by Crippen LogP contribution is -2.62. The van der Waals surface area contributed by atoms with Crippen LogP contribution in [0.25, 0.3) is 0 Å². The average molecular weight is 904 g/mol. The third kappa shape index (κ3) is 16.7. The molecule has 0 spiro atoms. The van der Waals surface area contributed by atoms with Gasteiger partial charge in [0.15, 0.2) is 5.96 Å². The highest BCUT2D eigenvalue weighted by Crippen LogP contribution is 2.21. The van der Waals surface area contributed by atoms with E-state index < -0.39 is 107 Å². The number of hydrogen-bond donors (Lipinski definition) is 11. The van der Waals surface area contributed by atoms with E-state index in [1.54, 1.807) is 48.6 Å². The van der Waals surface area contributed by atoms with Crippen LogP contribution < -0.4 is 48.7 Å². The molecular formula is C42H73N13O9. The van der Waals surface area contributed by atoms with E-state index >= 15 is 0 Å². The van der Waals surface area contributed by atoms with Crippen molar-refractivity contribution >= 4 is 53.3 Å². The number of aromatic amines is 1. The van der Waals surface area contributed by atoms with Crippen LogP contribution in [0.1, 0.15) is 99.6 Å². The van der Waals surface area contributed by atoms with Crippen LogP contribution in [0.2, 0.25) is 0 Å². The van der Waals surface area contributed by atoms with Gasteiger partial charge in [0.2, 0.25) is 41.4 Å². The van der Waals surface area contributed by atoms with Gasteiger partial charge in [-0.2, -0.15) is 0 Å². The fourth-order valence-electron chi connectivity index (χ4n) is 7.20. The lowest BCUT2D eigenvalue weighted by Gasteiger charge is -2.32. The molecule has 1 fully saturated rings. The molecule has 0 aliphatic carbocycles. The van der Waals surface area contributed by atoms with Crippen LogP contribution >= 0.6 is 0 Å². The summed E-state index contributed by atoms with van der Waals surface area (Å²) in [5.74, 6) is -7.37. The molecule has 0 radical (unpaired) electrons. The number of aromatic nitrogens is 2. The summed E-state index contributed by atoms with van der Waals surface area (Å²) >= 11 is 0. The molecule has 22 heteroatoms. The summed E-state index contributed by atoms with van der Waals surface area (Å²) < 4.78 is 0. The first kappa shape index (κ1) is 54.3. The number of carboxylic acid groups (broad SMARTS) is 1. The minimum atomic E-state index is -1.22. The lowest BCUT2D eigenvalue weighted by molar-refractivity contribution is -0.146. The van der Waals surface area contributed by atoms with Gasteiger partial charge >= 0.3 is 5.97 Å². The number of carbonyl (C=O) groups is 8. The fourth-order valence-corrected chi connectivity index (χ4v) is 7.20. The molecule has 1 aromatic rings. The van der Waals surface area contributed by atoms with E-state index in [1.165, 1.54) is 17.4 Å². The highest BCUT2D eigenvalue weighted by molar-refractivity contribution is 5.98. The molecule has 0 aromatic carbocycles. The number of guanidine groups is 1. The molecular weight excluding hydrogens is 831 g/mol. The van der Waals surface area contributed by atoms with Crippen molar-refractivity contribution in [2.75, 3.05) is 26.7 Å². The summed E-state index contributed by atoms with van der Waals surface area (Å²) in [4.78, 5) is 120. The number of nitrogens with one attached hydrogen (secondary N) is 8. The van der Waals surface area contributed by atoms with Gasteiger partial charge in [-0.05, 0) is 56.4 Å². The molecule has 22 nitrogen and oxygen atoms in total. The van der Waals surface area contributed by atoms with Crippen LogP contribution in [0.15, 0.2) is 17.5 Å². The molecule has 360 valence electrons. The minimum absolute atomic E-state index is 0.0387. The topological polar surface area (TPSA) is 337 Å². The van der Waals surface area contributed by atoms with Gasteiger partial charge < -0.3 is 63.7 Å². The van der Waals surface area contributed by atoms with Crippen molar-refractivity contribution in [3.8, 4) is 0 Å². The van der Waals surface area contributed by atoms with E-state index in [9.17, 15) is 43.5 Å². The Kier molecular flexibility index (Phi) is 22.7. The summed E-state index contributed by atoms with van der Waals surface area (Å²) in [5.41, 5.74) is 11.4. The number of likely N-dealkylation sites (N-methyl/N-ethyl adjacent to an activating group) is 1. The zero-order chi connectivity index (χ0) is 48.3. The monoisotopic (exact) mass is 904 g/mol. The van der Waals surface area contributed by atoms with Crippen molar-refractivity contribution in [2.24, 2.45) is 40.1 Å². The van der Waals surface area contributed by atoms with Crippen LogP contribution in [0.4, 0.5) is 0 Å². The molecule has 9 atom stereocenters. The summed E-state index contributed by atoms with van der Waals surface area (Å²) in [5, 5.41) is 28.9. The molecule has 1 aliphatic heterocycles. The Bertz CT molecular complexity index is 1750. The molecule has 0 saturated carbocycles. The molecule has 0 bridgehead atoms. The van der Waals surface area contributed by atoms with Crippen molar-refractivity contribution in [2.45, 2.75) is 143 Å². The molecule has 1 aliphatic rings. The summed E-state index contributed by atoms with van der Waals surface area (Å²) in [6, 6.07) is -7.86. The number of carboxylic acids is 1. The van der Waals surface area contributed by atoms with Crippen molar-refractivity contribution in [1.29, 1.82) is 0 Å². The van der Waals surface area contributed by atoms with Crippen molar-refractivity contribution in [3.63, 3.8) is 0 Å². The number of hydrogen-bond acceptors (Lipinski definition) is 11. The summed E-state index contributed by atoms with van der Waals surface area (Å²) in [6.45, 7) is 14.3. The Morgan fingerprint density at radius 1 is 0.797 bits per heavy atom. The van der Waals surface area contributed by atoms with E-state index in [-0.39, 0.29) is 44.4 Å². The molecule has 64 heavy (non-hydrogen) atoms. The highest BCUT2D eigenvalue weighted by Gasteiger charge is 2.41. The zero-order valence-electron chi connectivity index (χ0n) is 38.8. The zero-order valence-corrected chi connectivity index (χ0v) is 38.8. The number of nitrogens with zero attached hydrogens (tertiary/aromatic N) is 3. The molecule has 13 N–H and O–H groups in total. The van der Waals surface area contributed by atoms with Gasteiger partial charge in [0.1, 0.15) is 42.3 Å². The number of amides is 7. The fraction of sp³-hybridized carbons (Fsp3) is 0.714. The maximum absolute atomic E-state index is 14.3. The molecule has 2 heterocycles. The van der Waals surface area contributed by atoms with Gasteiger partial charge in [0.25, 0.3) is 0 Å². The summed E-state index contributed by atoms with van der Waals surface area (Å²) in [6.07, 6.45) is 5.09. The largest absolute Gasteiger partial charge is 0.480 e. The van der Waals surface area contributed by atoms with E-state index in [0.29, 0.717) is 37.8 Å². The van der Waals surface area contributed by atoms with Crippen LogP contribution in [0.3, 0.4) is 0 Å². The first-order chi connectivity index (χ1) is 30.2. The van der Waals surface area contributed by atoms with Gasteiger partial charge in [-0.1, -0.05) is 68.2 Å². The van der Waals surface area contributed by atoms with Gasteiger partial charge in [-0.15, -0.1) is 0 Å². The van der Waals surface area contributed by atoms with Gasteiger partial charge in [-0.25, -0.2) is 9.78 Å². The number of H-pyrrole nitrogens is 1. The molecule has 2 rings (SSSR count). The normalized spacial score (nSPS) is 17.4. The number of likely N-dealkylation sites (tertiary alicyclic amines) is 1. The van der Waals surface area contributed by atoms with Gasteiger partial charge in [-0.3, -0.25) is 38.6 Å². The molecule has 1 saturated heterocycles. The minimum Gasteiger partial charge on any atom is -0.480 e. The van der Waals surface area contributed by atoms with Gasteiger partial charge in [0, 0.05) is 31.4 Å². The Balaban J connectivity index is 2.33. The molecule has 7 amide bonds. The SMILES string of the molecule is CC[C@H](C)[C@H](NC(=O)[C@@H]1CCCN1C(=O)[C@H](Cc1cnc[nH]1)NC(=O)[C@@H](NC(=O)[C@@H](NC(=O)[C@@H](NC(=O)[C@H](CCCN=C(N)N)NC(=O)CNC)C(C)C)[C@@H](C)CC)C(C)C)C(=O)O. The van der Waals surface area contributed by atoms with Crippen LogP contribution in [0.5, 0.6) is 0 Å². The Labute approximate surface area is 375 Å². The molecule has 1 aromatic heterocycles. The second-order valence-corrected chi connectivity index (χ2v) is 17.2. The predicted octanol–water partition coefficient (Wildman–Crippen LogP) is -1.39. The van der Waals surface area contributed by atoms with E-state index in [0.717, 1.165) is 0 Å². The quantitative estimate of drug-likeness (QED) is 0.0276.